The van der Waals surface area contributed by atoms with Crippen molar-refractivity contribution in [2.45, 2.75) is 37.6 Å². The molecule has 5 rings (SSSR count). The third-order valence-corrected chi connectivity index (χ3v) is 6.91. The van der Waals surface area contributed by atoms with Crippen molar-refractivity contribution in [3.05, 3.63) is 39.5 Å². The van der Waals surface area contributed by atoms with E-state index in [4.69, 9.17) is 33.0 Å². The predicted molar refractivity (Wildman–Crippen MR) is 109 cm³/mol. The smallest absolute Gasteiger partial charge is 0.143 e. The Balaban J connectivity index is 1.52. The fourth-order valence-electron chi connectivity index (χ4n) is 4.57. The van der Waals surface area contributed by atoms with Crippen LogP contribution in [0.25, 0.3) is 0 Å². The molecule has 3 heterocycles. The average Bonchev–Trinajstić information content (AvgIpc) is 2.99. The number of benzene rings is 1. The van der Waals surface area contributed by atoms with Crippen LogP contribution in [0.5, 0.6) is 0 Å². The molecular weight excluding hydrogens is 383 g/mol. The summed E-state index contributed by atoms with van der Waals surface area (Å²) in [6.45, 7) is 5.16. The van der Waals surface area contributed by atoms with Crippen molar-refractivity contribution in [2.24, 2.45) is 0 Å². The van der Waals surface area contributed by atoms with E-state index >= 15 is 0 Å². The minimum absolute atomic E-state index is 0.115. The zero-order valence-electron chi connectivity index (χ0n) is 15.3. The second-order valence-electron chi connectivity index (χ2n) is 7.72. The summed E-state index contributed by atoms with van der Waals surface area (Å²) in [6, 6.07) is 6.51. The van der Waals surface area contributed by atoms with E-state index in [-0.39, 0.29) is 5.41 Å². The van der Waals surface area contributed by atoms with Gasteiger partial charge in [-0.25, -0.2) is 4.68 Å². The van der Waals surface area contributed by atoms with Crippen molar-refractivity contribution in [1.82, 2.24) is 9.78 Å². The Kier molecular flexibility index (Phi) is 4.49. The van der Waals surface area contributed by atoms with Gasteiger partial charge in [-0.3, -0.25) is 0 Å². The van der Waals surface area contributed by atoms with E-state index < -0.39 is 0 Å². The summed E-state index contributed by atoms with van der Waals surface area (Å²) in [5.41, 5.74) is 3.22. The van der Waals surface area contributed by atoms with Crippen molar-refractivity contribution >= 4 is 34.7 Å². The van der Waals surface area contributed by atoms with Crippen LogP contribution in [0, 0.1) is 0 Å². The topological polar surface area (TPSA) is 42.3 Å². The van der Waals surface area contributed by atoms with Crippen molar-refractivity contribution in [1.29, 1.82) is 0 Å². The van der Waals surface area contributed by atoms with Gasteiger partial charge in [-0.2, -0.15) is 5.10 Å². The molecule has 27 heavy (non-hydrogen) atoms. The first-order valence-corrected chi connectivity index (χ1v) is 10.6. The molecule has 3 aliphatic rings. The van der Waals surface area contributed by atoms with E-state index in [1.54, 1.807) is 0 Å². The largest absolute Gasteiger partial charge is 0.378 e. The number of morpholine rings is 1. The van der Waals surface area contributed by atoms with Crippen LogP contribution >= 0.6 is 23.2 Å². The maximum Gasteiger partial charge on any atom is 0.143 e. The molecule has 7 heteroatoms. The molecular formula is C20H24Cl2N4O. The maximum absolute atomic E-state index is 6.78. The number of hydrogen-bond donors (Lipinski definition) is 1. The average molecular weight is 407 g/mol. The fourth-order valence-corrected chi connectivity index (χ4v) is 5.25. The van der Waals surface area contributed by atoms with Crippen LogP contribution in [-0.4, -0.2) is 42.6 Å². The molecule has 5 nitrogen and oxygen atoms in total. The number of nitrogens with one attached hydrogen (secondary N) is 1. The summed E-state index contributed by atoms with van der Waals surface area (Å²) in [6.07, 6.45) is 4.40. The Morgan fingerprint density at radius 2 is 1.89 bits per heavy atom. The lowest BCUT2D eigenvalue weighted by Crippen LogP contribution is -2.37. The SMILES string of the molecule is Clc1cc(C2(c3nn4c(c3Cl)NCCC4)CCC2)ccc1N1CCOCC1. The van der Waals surface area contributed by atoms with E-state index in [2.05, 4.69) is 28.4 Å². The molecule has 0 amide bonds. The van der Waals surface area contributed by atoms with Crippen LogP contribution in [0.15, 0.2) is 18.2 Å². The number of halogens is 2. The minimum atomic E-state index is -0.115. The Morgan fingerprint density at radius 3 is 2.56 bits per heavy atom. The molecule has 1 aliphatic carbocycles. The van der Waals surface area contributed by atoms with Gasteiger partial charge in [-0.05, 0) is 37.0 Å². The summed E-state index contributed by atoms with van der Waals surface area (Å²) in [5, 5.41) is 9.91. The van der Waals surface area contributed by atoms with E-state index in [1.807, 2.05) is 4.68 Å². The summed E-state index contributed by atoms with van der Waals surface area (Å²) < 4.78 is 7.49. The van der Waals surface area contributed by atoms with Gasteiger partial charge in [0.2, 0.25) is 0 Å². The van der Waals surface area contributed by atoms with Crippen LogP contribution in [0.2, 0.25) is 10.0 Å². The highest BCUT2D eigenvalue weighted by atomic mass is 35.5. The Hall–Kier alpha value is -1.43. The van der Waals surface area contributed by atoms with Gasteiger partial charge in [0.05, 0.1) is 29.6 Å². The number of anilines is 2. The van der Waals surface area contributed by atoms with E-state index in [9.17, 15) is 0 Å². The standard InChI is InChI=1S/C20H24Cl2N4O/c21-15-13-14(3-4-16(15)25-9-11-27-12-10-25)20(5-1-6-20)18-17(22)19-23-7-2-8-26(19)24-18/h3-4,13,23H,1-2,5-12H2. The van der Waals surface area contributed by atoms with E-state index in [0.29, 0.717) is 0 Å². The van der Waals surface area contributed by atoms with Gasteiger partial charge in [0.1, 0.15) is 10.8 Å². The molecule has 0 spiro atoms. The van der Waals surface area contributed by atoms with Crippen LogP contribution in [0.4, 0.5) is 11.5 Å². The molecule has 2 aromatic rings. The molecule has 1 aromatic heterocycles. The number of aromatic nitrogens is 2. The zero-order chi connectivity index (χ0) is 18.4. The van der Waals surface area contributed by atoms with Crippen molar-refractivity contribution in [2.75, 3.05) is 43.1 Å². The molecule has 1 saturated carbocycles. The molecule has 0 atom stereocenters. The van der Waals surface area contributed by atoms with Gasteiger partial charge >= 0.3 is 0 Å². The summed E-state index contributed by atoms with van der Waals surface area (Å²) >= 11 is 13.5. The Labute approximate surface area is 169 Å². The van der Waals surface area contributed by atoms with Gasteiger partial charge in [0, 0.05) is 31.6 Å². The summed E-state index contributed by atoms with van der Waals surface area (Å²) in [5.74, 6) is 0.972. The first-order valence-electron chi connectivity index (χ1n) is 9.82. The van der Waals surface area contributed by atoms with Crippen molar-refractivity contribution in [3.63, 3.8) is 0 Å². The molecule has 1 saturated heterocycles. The second kappa shape index (κ2) is 6.87. The Bertz CT molecular complexity index is 856. The molecule has 2 aliphatic heterocycles. The quantitative estimate of drug-likeness (QED) is 0.824. The molecule has 0 unspecified atom stereocenters. The van der Waals surface area contributed by atoms with E-state index in [0.717, 1.165) is 85.9 Å². The number of ether oxygens (including phenoxy) is 1. The van der Waals surface area contributed by atoms with Gasteiger partial charge in [-0.1, -0.05) is 35.7 Å². The first kappa shape index (κ1) is 17.7. The van der Waals surface area contributed by atoms with Gasteiger partial charge in [0.25, 0.3) is 0 Å². The zero-order valence-corrected chi connectivity index (χ0v) is 16.8. The van der Waals surface area contributed by atoms with Gasteiger partial charge < -0.3 is 15.0 Å². The van der Waals surface area contributed by atoms with Gasteiger partial charge in [0.15, 0.2) is 0 Å². The summed E-state index contributed by atoms with van der Waals surface area (Å²) in [4.78, 5) is 2.30. The van der Waals surface area contributed by atoms with Crippen LogP contribution in [-0.2, 0) is 16.7 Å². The number of aryl methyl sites for hydroxylation is 1. The number of fused-ring (bicyclic) bond motifs is 1. The second-order valence-corrected chi connectivity index (χ2v) is 8.50. The first-order chi connectivity index (χ1) is 13.2. The highest BCUT2D eigenvalue weighted by molar-refractivity contribution is 6.34. The Morgan fingerprint density at radius 1 is 1.07 bits per heavy atom. The summed E-state index contributed by atoms with van der Waals surface area (Å²) in [7, 11) is 0. The molecule has 2 fully saturated rings. The third-order valence-electron chi connectivity index (χ3n) is 6.25. The van der Waals surface area contributed by atoms with Crippen LogP contribution in [0.1, 0.15) is 36.9 Å². The molecule has 1 N–H and O–H groups in total. The molecule has 144 valence electrons. The highest BCUT2D eigenvalue weighted by Crippen LogP contribution is 2.52. The fraction of sp³-hybridized carbons (Fsp3) is 0.550. The molecule has 0 bridgehead atoms. The van der Waals surface area contributed by atoms with Crippen LogP contribution in [0.3, 0.4) is 0 Å². The highest BCUT2D eigenvalue weighted by Gasteiger charge is 2.45. The number of rotatable bonds is 3. The van der Waals surface area contributed by atoms with Crippen molar-refractivity contribution in [3.8, 4) is 0 Å². The number of nitrogens with zero attached hydrogens (tertiary/aromatic N) is 3. The molecule has 0 radical (unpaired) electrons. The van der Waals surface area contributed by atoms with Crippen LogP contribution < -0.4 is 10.2 Å². The lowest BCUT2D eigenvalue weighted by molar-refractivity contribution is 0.122. The third kappa shape index (κ3) is 2.82. The molecule has 1 aromatic carbocycles. The van der Waals surface area contributed by atoms with E-state index in [1.165, 1.54) is 12.0 Å². The lowest BCUT2D eigenvalue weighted by atomic mass is 9.62. The minimum Gasteiger partial charge on any atom is -0.378 e. The number of hydrogen-bond acceptors (Lipinski definition) is 4. The van der Waals surface area contributed by atoms with Gasteiger partial charge in [-0.15, -0.1) is 0 Å². The van der Waals surface area contributed by atoms with Crippen molar-refractivity contribution < 1.29 is 4.74 Å². The predicted octanol–water partition coefficient (Wildman–Crippen LogP) is 4.31. The monoisotopic (exact) mass is 406 g/mol. The maximum atomic E-state index is 6.78. The lowest BCUT2D eigenvalue weighted by Gasteiger charge is -2.42. The normalized spacial score (nSPS) is 21.3.